The first-order valence-corrected chi connectivity index (χ1v) is 9.46. The highest BCUT2D eigenvalue weighted by Crippen LogP contribution is 2.28. The highest BCUT2D eigenvalue weighted by Gasteiger charge is 2.19. The zero-order chi connectivity index (χ0) is 21.6. The van der Waals surface area contributed by atoms with Crippen molar-refractivity contribution in [1.82, 2.24) is 0 Å². The maximum atomic E-state index is 12.3. The monoisotopic (exact) mass is 399 g/mol. The van der Waals surface area contributed by atoms with E-state index in [0.717, 1.165) is 0 Å². The number of hydrogen-bond acceptors (Lipinski definition) is 5. The molecule has 0 saturated carbocycles. The number of benzene rings is 2. The Hall–Kier alpha value is -3.02. The molecule has 1 amide bonds. The SMILES string of the molecule is COc1ccc(CC(=O)O[C@@H](C)C(=O)Nc2ccc(C(C)(C)C)cc2)cc1OC. The Kier molecular flexibility index (Phi) is 7.26. The lowest BCUT2D eigenvalue weighted by molar-refractivity contribution is -0.152. The van der Waals surface area contributed by atoms with Gasteiger partial charge < -0.3 is 19.5 Å². The molecule has 0 unspecified atom stereocenters. The van der Waals surface area contributed by atoms with E-state index in [2.05, 4.69) is 26.1 Å². The number of amides is 1. The Bertz CT molecular complexity index is 853. The second-order valence-electron chi connectivity index (χ2n) is 7.81. The number of rotatable bonds is 7. The zero-order valence-electron chi connectivity index (χ0n) is 17.9. The number of anilines is 1. The van der Waals surface area contributed by atoms with E-state index in [0.29, 0.717) is 22.7 Å². The summed E-state index contributed by atoms with van der Waals surface area (Å²) in [5.41, 5.74) is 2.57. The van der Waals surface area contributed by atoms with Crippen molar-refractivity contribution in [2.24, 2.45) is 0 Å². The summed E-state index contributed by atoms with van der Waals surface area (Å²) in [6, 6.07) is 12.8. The number of carbonyl (C=O) groups is 2. The highest BCUT2D eigenvalue weighted by molar-refractivity contribution is 5.95. The molecule has 0 heterocycles. The van der Waals surface area contributed by atoms with E-state index in [9.17, 15) is 9.59 Å². The summed E-state index contributed by atoms with van der Waals surface area (Å²) in [5.74, 6) is 0.231. The van der Waals surface area contributed by atoms with Crippen molar-refractivity contribution in [2.75, 3.05) is 19.5 Å². The van der Waals surface area contributed by atoms with Crippen LogP contribution in [0.15, 0.2) is 42.5 Å². The van der Waals surface area contributed by atoms with Gasteiger partial charge in [0.1, 0.15) is 0 Å². The first kappa shape index (κ1) is 22.3. The Morgan fingerprint density at radius 3 is 2.14 bits per heavy atom. The molecule has 0 aliphatic rings. The summed E-state index contributed by atoms with van der Waals surface area (Å²) < 4.78 is 15.7. The molecule has 0 aromatic heterocycles. The van der Waals surface area contributed by atoms with Gasteiger partial charge in [-0.3, -0.25) is 9.59 Å². The number of methoxy groups -OCH3 is 2. The molecule has 0 spiro atoms. The lowest BCUT2D eigenvalue weighted by Crippen LogP contribution is -2.30. The van der Waals surface area contributed by atoms with Crippen LogP contribution in [0.5, 0.6) is 11.5 Å². The average molecular weight is 399 g/mol. The average Bonchev–Trinajstić information content (AvgIpc) is 2.67. The third-order valence-electron chi connectivity index (χ3n) is 4.49. The maximum absolute atomic E-state index is 12.3. The number of carbonyl (C=O) groups excluding carboxylic acids is 2. The van der Waals surface area contributed by atoms with Gasteiger partial charge in [-0.2, -0.15) is 0 Å². The molecular formula is C23H29NO5. The Morgan fingerprint density at radius 1 is 0.966 bits per heavy atom. The number of esters is 1. The van der Waals surface area contributed by atoms with E-state index in [4.69, 9.17) is 14.2 Å². The van der Waals surface area contributed by atoms with Crippen LogP contribution < -0.4 is 14.8 Å². The van der Waals surface area contributed by atoms with Crippen molar-refractivity contribution in [3.8, 4) is 11.5 Å². The molecule has 2 aromatic carbocycles. The van der Waals surface area contributed by atoms with Gasteiger partial charge in [0.15, 0.2) is 17.6 Å². The minimum Gasteiger partial charge on any atom is -0.493 e. The van der Waals surface area contributed by atoms with E-state index in [-0.39, 0.29) is 17.7 Å². The van der Waals surface area contributed by atoms with Crippen molar-refractivity contribution >= 4 is 17.6 Å². The highest BCUT2D eigenvalue weighted by atomic mass is 16.5. The summed E-state index contributed by atoms with van der Waals surface area (Å²) in [6.07, 6.45) is -0.886. The molecular weight excluding hydrogens is 370 g/mol. The fourth-order valence-electron chi connectivity index (χ4n) is 2.75. The molecule has 0 radical (unpaired) electrons. The fraction of sp³-hybridized carbons (Fsp3) is 0.391. The van der Waals surface area contributed by atoms with Gasteiger partial charge >= 0.3 is 5.97 Å². The van der Waals surface area contributed by atoms with Crippen LogP contribution in [-0.2, 0) is 26.2 Å². The summed E-state index contributed by atoms with van der Waals surface area (Å²) in [4.78, 5) is 24.6. The first-order valence-electron chi connectivity index (χ1n) is 9.46. The van der Waals surface area contributed by atoms with E-state index < -0.39 is 12.1 Å². The van der Waals surface area contributed by atoms with Crippen LogP contribution in [0.25, 0.3) is 0 Å². The number of hydrogen-bond donors (Lipinski definition) is 1. The van der Waals surface area contributed by atoms with Crippen molar-refractivity contribution in [3.63, 3.8) is 0 Å². The molecule has 0 saturated heterocycles. The third kappa shape index (κ3) is 6.24. The molecule has 2 rings (SSSR count). The molecule has 1 N–H and O–H groups in total. The Balaban J connectivity index is 1.92. The minimum absolute atomic E-state index is 0.0260. The molecule has 0 aliphatic heterocycles. The number of nitrogens with one attached hydrogen (secondary N) is 1. The molecule has 0 bridgehead atoms. The maximum Gasteiger partial charge on any atom is 0.311 e. The largest absolute Gasteiger partial charge is 0.493 e. The molecule has 2 aromatic rings. The predicted octanol–water partition coefficient (Wildman–Crippen LogP) is 4.11. The van der Waals surface area contributed by atoms with Crippen LogP contribution in [-0.4, -0.2) is 32.2 Å². The van der Waals surface area contributed by atoms with Crippen molar-refractivity contribution < 1.29 is 23.8 Å². The minimum atomic E-state index is -0.912. The second kappa shape index (κ2) is 9.45. The van der Waals surface area contributed by atoms with Gasteiger partial charge in [0.05, 0.1) is 20.6 Å². The third-order valence-corrected chi connectivity index (χ3v) is 4.49. The van der Waals surface area contributed by atoms with E-state index >= 15 is 0 Å². The summed E-state index contributed by atoms with van der Waals surface area (Å²) in [5, 5.41) is 2.77. The lowest BCUT2D eigenvalue weighted by atomic mass is 9.87. The van der Waals surface area contributed by atoms with Crippen LogP contribution in [0.2, 0.25) is 0 Å². The lowest BCUT2D eigenvalue weighted by Gasteiger charge is -2.19. The molecule has 1 atom stereocenters. The van der Waals surface area contributed by atoms with Gasteiger partial charge in [0.2, 0.25) is 0 Å². The topological polar surface area (TPSA) is 73.9 Å². The number of ether oxygens (including phenoxy) is 3. The van der Waals surface area contributed by atoms with Gasteiger partial charge in [-0.25, -0.2) is 0 Å². The van der Waals surface area contributed by atoms with Crippen LogP contribution in [0, 0.1) is 0 Å². The van der Waals surface area contributed by atoms with Gasteiger partial charge in [-0.15, -0.1) is 0 Å². The Morgan fingerprint density at radius 2 is 1.59 bits per heavy atom. The van der Waals surface area contributed by atoms with Gasteiger partial charge in [0.25, 0.3) is 5.91 Å². The standard InChI is InChI=1S/C23H29NO5/c1-15(22(26)24-18-10-8-17(9-11-18)23(2,3)4)29-21(25)14-16-7-12-19(27-5)20(13-16)28-6/h7-13,15H,14H2,1-6H3,(H,24,26)/t15-/m0/s1. The summed E-state index contributed by atoms with van der Waals surface area (Å²) in [7, 11) is 3.07. The van der Waals surface area contributed by atoms with E-state index in [1.54, 1.807) is 32.2 Å². The van der Waals surface area contributed by atoms with Gasteiger partial charge in [-0.1, -0.05) is 39.0 Å². The molecule has 0 aliphatic carbocycles. The molecule has 0 fully saturated rings. The smallest absolute Gasteiger partial charge is 0.311 e. The quantitative estimate of drug-likeness (QED) is 0.709. The van der Waals surface area contributed by atoms with E-state index in [1.807, 2.05) is 24.3 Å². The summed E-state index contributed by atoms with van der Waals surface area (Å²) in [6.45, 7) is 7.92. The normalized spacial score (nSPS) is 12.1. The van der Waals surface area contributed by atoms with E-state index in [1.165, 1.54) is 12.7 Å². The second-order valence-corrected chi connectivity index (χ2v) is 7.81. The fourth-order valence-corrected chi connectivity index (χ4v) is 2.75. The van der Waals surface area contributed by atoms with Crippen LogP contribution >= 0.6 is 0 Å². The summed E-state index contributed by atoms with van der Waals surface area (Å²) >= 11 is 0. The molecule has 6 heteroatoms. The predicted molar refractivity (Wildman–Crippen MR) is 113 cm³/mol. The van der Waals surface area contributed by atoms with Crippen molar-refractivity contribution in [3.05, 3.63) is 53.6 Å². The van der Waals surface area contributed by atoms with Crippen LogP contribution in [0.3, 0.4) is 0 Å². The van der Waals surface area contributed by atoms with Crippen LogP contribution in [0.4, 0.5) is 5.69 Å². The van der Waals surface area contributed by atoms with Crippen molar-refractivity contribution in [1.29, 1.82) is 0 Å². The van der Waals surface area contributed by atoms with Gasteiger partial charge in [-0.05, 0) is 47.7 Å². The first-order chi connectivity index (χ1) is 13.6. The molecule has 156 valence electrons. The van der Waals surface area contributed by atoms with Crippen LogP contribution in [0.1, 0.15) is 38.8 Å². The molecule has 6 nitrogen and oxygen atoms in total. The zero-order valence-corrected chi connectivity index (χ0v) is 17.9. The van der Waals surface area contributed by atoms with Crippen molar-refractivity contribution in [2.45, 2.75) is 45.6 Å². The Labute approximate surface area is 172 Å². The molecule has 29 heavy (non-hydrogen) atoms. The van der Waals surface area contributed by atoms with Gasteiger partial charge in [0, 0.05) is 5.69 Å².